The highest BCUT2D eigenvalue weighted by atomic mass is 35.5. The Bertz CT molecular complexity index is 1060. The summed E-state index contributed by atoms with van der Waals surface area (Å²) >= 11 is 8.74. The van der Waals surface area contributed by atoms with E-state index in [0.717, 1.165) is 16.2 Å². The van der Waals surface area contributed by atoms with Crippen molar-refractivity contribution in [2.75, 3.05) is 0 Å². The second-order valence-electron chi connectivity index (χ2n) is 4.95. The topological polar surface area (TPSA) is 65.2 Å². The number of ether oxygens (including phenoxy) is 1. The predicted octanol–water partition coefficient (Wildman–Crippen LogP) is 5.16. The molecule has 4 rings (SSSR count). The van der Waals surface area contributed by atoms with Crippen molar-refractivity contribution in [1.29, 1.82) is 0 Å². The fourth-order valence-corrected chi connectivity index (χ4v) is 4.26. The first-order chi connectivity index (χ1) is 12.1. The highest BCUT2D eigenvalue weighted by Crippen LogP contribution is 2.36. The predicted molar refractivity (Wildman–Crippen MR) is 93.5 cm³/mol. The van der Waals surface area contributed by atoms with Gasteiger partial charge in [0.2, 0.25) is 5.82 Å². The van der Waals surface area contributed by atoms with E-state index in [1.807, 2.05) is 17.5 Å². The minimum absolute atomic E-state index is 0.170. The molecule has 0 saturated heterocycles. The van der Waals surface area contributed by atoms with Gasteiger partial charge in [0.15, 0.2) is 6.61 Å². The SMILES string of the molecule is O=C(OCc1nc(-c2cccs2)no1)c1sc2cc(F)ccc2c1Cl. The molecule has 126 valence electrons. The largest absolute Gasteiger partial charge is 0.451 e. The highest BCUT2D eigenvalue weighted by Gasteiger charge is 2.20. The second kappa shape index (κ2) is 6.55. The van der Waals surface area contributed by atoms with Crippen LogP contribution < -0.4 is 0 Å². The molecule has 4 aromatic rings. The number of fused-ring (bicyclic) bond motifs is 1. The summed E-state index contributed by atoms with van der Waals surface area (Å²) in [6, 6.07) is 7.89. The maximum atomic E-state index is 13.3. The highest BCUT2D eigenvalue weighted by molar-refractivity contribution is 7.21. The van der Waals surface area contributed by atoms with Crippen LogP contribution in [0, 0.1) is 5.82 Å². The van der Waals surface area contributed by atoms with Crippen LogP contribution in [0.15, 0.2) is 40.2 Å². The zero-order valence-electron chi connectivity index (χ0n) is 12.4. The van der Waals surface area contributed by atoms with Crippen LogP contribution in [0.1, 0.15) is 15.6 Å². The minimum Gasteiger partial charge on any atom is -0.451 e. The van der Waals surface area contributed by atoms with Gasteiger partial charge >= 0.3 is 5.97 Å². The molecule has 0 spiro atoms. The van der Waals surface area contributed by atoms with Crippen molar-refractivity contribution in [3.05, 3.63) is 57.3 Å². The molecule has 0 unspecified atom stereocenters. The molecule has 1 aromatic carbocycles. The van der Waals surface area contributed by atoms with Gasteiger partial charge in [-0.1, -0.05) is 22.8 Å². The minimum atomic E-state index is -0.623. The van der Waals surface area contributed by atoms with Crippen LogP contribution in [0.4, 0.5) is 4.39 Å². The normalized spacial score (nSPS) is 11.1. The third kappa shape index (κ3) is 3.15. The maximum absolute atomic E-state index is 13.3. The number of esters is 1. The number of benzene rings is 1. The van der Waals surface area contributed by atoms with E-state index in [0.29, 0.717) is 15.9 Å². The van der Waals surface area contributed by atoms with Gasteiger partial charge in [-0.05, 0) is 29.6 Å². The van der Waals surface area contributed by atoms with E-state index in [9.17, 15) is 9.18 Å². The Morgan fingerprint density at radius 2 is 2.24 bits per heavy atom. The molecule has 0 radical (unpaired) electrons. The molecule has 0 fully saturated rings. The van der Waals surface area contributed by atoms with Gasteiger partial charge in [-0.25, -0.2) is 9.18 Å². The van der Waals surface area contributed by atoms with Crippen LogP contribution in [0.25, 0.3) is 20.8 Å². The molecule has 0 saturated carbocycles. The van der Waals surface area contributed by atoms with E-state index in [2.05, 4.69) is 10.1 Å². The summed E-state index contributed by atoms with van der Waals surface area (Å²) in [6.45, 7) is -0.170. The van der Waals surface area contributed by atoms with Gasteiger partial charge in [0.05, 0.1) is 9.90 Å². The molecule has 3 heterocycles. The first-order valence-electron chi connectivity index (χ1n) is 7.03. The summed E-state index contributed by atoms with van der Waals surface area (Å²) in [5.41, 5.74) is 0. The van der Waals surface area contributed by atoms with Crippen LogP contribution >= 0.6 is 34.3 Å². The number of hydrogen-bond acceptors (Lipinski definition) is 7. The third-order valence-corrected chi connectivity index (χ3v) is 5.82. The molecule has 0 aliphatic carbocycles. The average molecular weight is 395 g/mol. The Labute approximate surface area is 153 Å². The van der Waals surface area contributed by atoms with E-state index >= 15 is 0 Å². The molecule has 0 aliphatic heterocycles. The van der Waals surface area contributed by atoms with Crippen molar-refractivity contribution in [3.8, 4) is 10.7 Å². The van der Waals surface area contributed by atoms with Crippen molar-refractivity contribution in [1.82, 2.24) is 10.1 Å². The molecule has 0 aliphatic rings. The second-order valence-corrected chi connectivity index (χ2v) is 7.33. The number of carbonyl (C=O) groups excluding carboxylic acids is 1. The molecule has 9 heteroatoms. The number of aromatic nitrogens is 2. The lowest BCUT2D eigenvalue weighted by Crippen LogP contribution is -2.04. The van der Waals surface area contributed by atoms with Crippen molar-refractivity contribution in [2.24, 2.45) is 0 Å². The third-order valence-electron chi connectivity index (χ3n) is 3.31. The Kier molecular flexibility index (Phi) is 4.24. The van der Waals surface area contributed by atoms with Crippen LogP contribution in [0.3, 0.4) is 0 Å². The summed E-state index contributed by atoms with van der Waals surface area (Å²) in [5.74, 6) is -0.392. The standard InChI is InChI=1S/C16H8ClFN2O3S2/c17-13-9-4-3-8(18)6-11(9)25-14(13)16(21)22-7-12-19-15(20-23-12)10-2-1-5-24-10/h1-6H,7H2. The Morgan fingerprint density at radius 3 is 3.04 bits per heavy atom. The summed E-state index contributed by atoms with van der Waals surface area (Å²) in [7, 11) is 0. The van der Waals surface area contributed by atoms with E-state index in [4.69, 9.17) is 20.9 Å². The number of carbonyl (C=O) groups is 1. The lowest BCUT2D eigenvalue weighted by molar-refractivity contribution is 0.0436. The molecular weight excluding hydrogens is 387 g/mol. The summed E-state index contributed by atoms with van der Waals surface area (Å²) < 4.78 is 24.1. The molecule has 0 N–H and O–H groups in total. The van der Waals surface area contributed by atoms with Crippen molar-refractivity contribution in [3.63, 3.8) is 0 Å². The number of hydrogen-bond donors (Lipinski definition) is 0. The van der Waals surface area contributed by atoms with Gasteiger partial charge in [-0.3, -0.25) is 0 Å². The van der Waals surface area contributed by atoms with E-state index < -0.39 is 11.8 Å². The summed E-state index contributed by atoms with van der Waals surface area (Å²) in [5, 5.41) is 6.59. The van der Waals surface area contributed by atoms with E-state index in [1.165, 1.54) is 29.5 Å². The first-order valence-corrected chi connectivity index (χ1v) is 9.10. The molecule has 0 amide bonds. The smallest absolute Gasteiger partial charge is 0.350 e. The van der Waals surface area contributed by atoms with Crippen LogP contribution in [0.2, 0.25) is 5.02 Å². The van der Waals surface area contributed by atoms with Gasteiger partial charge in [-0.15, -0.1) is 22.7 Å². The van der Waals surface area contributed by atoms with Crippen LogP contribution in [0.5, 0.6) is 0 Å². The number of halogens is 2. The number of nitrogens with zero attached hydrogens (tertiary/aromatic N) is 2. The fourth-order valence-electron chi connectivity index (χ4n) is 2.18. The molecule has 25 heavy (non-hydrogen) atoms. The fraction of sp³-hybridized carbons (Fsp3) is 0.0625. The quantitative estimate of drug-likeness (QED) is 0.447. The van der Waals surface area contributed by atoms with Gasteiger partial charge in [0.1, 0.15) is 10.7 Å². The van der Waals surface area contributed by atoms with Crippen molar-refractivity contribution >= 4 is 50.3 Å². The maximum Gasteiger partial charge on any atom is 0.350 e. The van der Waals surface area contributed by atoms with Gasteiger partial charge in [0, 0.05) is 10.1 Å². The zero-order chi connectivity index (χ0) is 17.4. The Hall–Kier alpha value is -2.29. The first kappa shape index (κ1) is 16.2. The molecule has 0 atom stereocenters. The Balaban J connectivity index is 1.50. The van der Waals surface area contributed by atoms with Crippen molar-refractivity contribution in [2.45, 2.75) is 6.61 Å². The van der Waals surface area contributed by atoms with E-state index in [-0.39, 0.29) is 22.4 Å². The van der Waals surface area contributed by atoms with Gasteiger partial charge in [-0.2, -0.15) is 4.98 Å². The lowest BCUT2D eigenvalue weighted by atomic mass is 10.2. The van der Waals surface area contributed by atoms with Crippen molar-refractivity contribution < 1.29 is 18.4 Å². The molecule has 3 aromatic heterocycles. The molecule has 5 nitrogen and oxygen atoms in total. The summed E-state index contributed by atoms with van der Waals surface area (Å²) in [4.78, 5) is 17.5. The summed E-state index contributed by atoms with van der Waals surface area (Å²) in [6.07, 6.45) is 0. The van der Waals surface area contributed by atoms with Crippen LogP contribution in [-0.4, -0.2) is 16.1 Å². The lowest BCUT2D eigenvalue weighted by Gasteiger charge is -1.99. The van der Waals surface area contributed by atoms with Crippen LogP contribution in [-0.2, 0) is 11.3 Å². The van der Waals surface area contributed by atoms with Gasteiger partial charge < -0.3 is 9.26 Å². The Morgan fingerprint density at radius 1 is 1.36 bits per heavy atom. The number of thiophene rings is 2. The van der Waals surface area contributed by atoms with Gasteiger partial charge in [0.25, 0.3) is 5.89 Å². The monoisotopic (exact) mass is 394 g/mol. The average Bonchev–Trinajstić information content (AvgIpc) is 3.32. The molecule has 0 bridgehead atoms. The zero-order valence-corrected chi connectivity index (χ0v) is 14.8. The van der Waals surface area contributed by atoms with E-state index in [1.54, 1.807) is 0 Å². The molecular formula is C16H8ClFN2O3S2. The number of rotatable bonds is 4.